The number of carbonyl (C=O) groups is 1. The molecule has 0 spiro atoms. The lowest BCUT2D eigenvalue weighted by Gasteiger charge is -2.15. The number of aromatic carboxylic acids is 1. The highest BCUT2D eigenvalue weighted by molar-refractivity contribution is 5.96. The third-order valence-electron chi connectivity index (χ3n) is 5.58. The molecule has 3 aromatic heterocycles. The molecule has 5 rings (SSSR count). The summed E-state index contributed by atoms with van der Waals surface area (Å²) in [5.41, 5.74) is 14.0. The van der Waals surface area contributed by atoms with Crippen molar-refractivity contribution >= 4 is 28.5 Å². The number of aryl methyl sites for hydroxylation is 2. The van der Waals surface area contributed by atoms with E-state index in [4.69, 9.17) is 16.6 Å². The number of benzene rings is 2. The van der Waals surface area contributed by atoms with Crippen molar-refractivity contribution in [1.29, 1.82) is 0 Å². The number of aromatic nitrogens is 5. The maximum absolute atomic E-state index is 13.4. The number of rotatable bonds is 4. The molecule has 0 saturated heterocycles. The molecule has 5 aromatic rings. The Bertz CT molecular complexity index is 1610. The molecule has 0 fully saturated rings. The SMILES string of the molecule is CCc1cc2cccc(-c3cnn(C)c3)c2c(=O)n1-c1ccccc1.Nc1ncc(C(=O)O)c(N)n1. The molecule has 0 amide bonds. The van der Waals surface area contributed by atoms with Gasteiger partial charge in [-0.3, -0.25) is 14.0 Å². The van der Waals surface area contributed by atoms with Crippen LogP contribution in [0.15, 0.2) is 78.0 Å². The number of pyridine rings is 1. The van der Waals surface area contributed by atoms with Crippen LogP contribution in [0.5, 0.6) is 0 Å². The van der Waals surface area contributed by atoms with Crippen LogP contribution in [-0.2, 0) is 13.5 Å². The fraction of sp³-hybridized carbons (Fsp3) is 0.115. The molecule has 10 nitrogen and oxygen atoms in total. The molecule has 0 saturated carbocycles. The molecule has 0 aliphatic carbocycles. The van der Waals surface area contributed by atoms with Gasteiger partial charge in [0.2, 0.25) is 5.95 Å². The molecule has 0 atom stereocenters. The third kappa shape index (κ3) is 4.78. The largest absolute Gasteiger partial charge is 0.477 e. The normalized spacial score (nSPS) is 10.6. The molecule has 10 heteroatoms. The zero-order valence-electron chi connectivity index (χ0n) is 19.8. The molecule has 5 N–H and O–H groups in total. The first-order valence-electron chi connectivity index (χ1n) is 11.1. The first-order valence-corrected chi connectivity index (χ1v) is 11.1. The maximum Gasteiger partial charge on any atom is 0.341 e. The van der Waals surface area contributed by atoms with E-state index < -0.39 is 5.97 Å². The minimum absolute atomic E-state index is 0.0139. The van der Waals surface area contributed by atoms with E-state index in [0.717, 1.165) is 45.9 Å². The molecule has 0 unspecified atom stereocenters. The van der Waals surface area contributed by atoms with Crippen molar-refractivity contribution in [1.82, 2.24) is 24.3 Å². The molecule has 0 bridgehead atoms. The Morgan fingerprint density at radius 3 is 2.42 bits per heavy atom. The number of para-hydroxylation sites is 1. The lowest BCUT2D eigenvalue weighted by molar-refractivity contribution is 0.0697. The van der Waals surface area contributed by atoms with E-state index in [1.54, 1.807) is 10.9 Å². The highest BCUT2D eigenvalue weighted by atomic mass is 16.4. The van der Waals surface area contributed by atoms with Gasteiger partial charge in [0.25, 0.3) is 5.56 Å². The van der Waals surface area contributed by atoms with Gasteiger partial charge < -0.3 is 16.6 Å². The molecule has 0 aliphatic heterocycles. The maximum atomic E-state index is 13.4. The topological polar surface area (TPSA) is 155 Å². The predicted molar refractivity (Wildman–Crippen MR) is 139 cm³/mol. The average molecular weight is 484 g/mol. The second-order valence-electron chi connectivity index (χ2n) is 7.97. The van der Waals surface area contributed by atoms with Crippen molar-refractivity contribution < 1.29 is 9.90 Å². The molecular formula is C26H25N7O3. The zero-order valence-corrected chi connectivity index (χ0v) is 19.8. The Morgan fingerprint density at radius 2 is 1.81 bits per heavy atom. The van der Waals surface area contributed by atoms with Crippen molar-refractivity contribution in [3.63, 3.8) is 0 Å². The number of fused-ring (bicyclic) bond motifs is 1. The first-order chi connectivity index (χ1) is 17.3. The Balaban J connectivity index is 0.000000233. The quantitative estimate of drug-likeness (QED) is 0.352. The monoisotopic (exact) mass is 483 g/mol. The standard InChI is InChI=1S/C21H19N3O.C5H6N4O2/c1-3-17-12-15-8-7-11-19(16-13-22-23(2)14-16)20(15)21(25)24(17)18-9-5-4-6-10-18;6-3-2(4(10)11)1-8-5(7)9-3/h4-14H,3H2,1-2H3;1H,(H,10,11)(H4,6,7,8,9). The van der Waals surface area contributed by atoms with E-state index in [9.17, 15) is 9.59 Å². The summed E-state index contributed by atoms with van der Waals surface area (Å²) in [6.45, 7) is 2.07. The van der Waals surface area contributed by atoms with Gasteiger partial charge in [-0.15, -0.1) is 0 Å². The van der Waals surface area contributed by atoms with Crippen LogP contribution in [0.1, 0.15) is 23.0 Å². The highest BCUT2D eigenvalue weighted by Gasteiger charge is 2.15. The Hall–Kier alpha value is -4.99. The van der Waals surface area contributed by atoms with Gasteiger partial charge in [-0.25, -0.2) is 9.78 Å². The minimum atomic E-state index is -1.16. The number of nitrogens with zero attached hydrogens (tertiary/aromatic N) is 5. The van der Waals surface area contributed by atoms with E-state index in [0.29, 0.717) is 0 Å². The van der Waals surface area contributed by atoms with Crippen molar-refractivity contribution in [3.05, 3.63) is 94.8 Å². The number of hydrogen-bond donors (Lipinski definition) is 3. The Labute approximate surface area is 206 Å². The third-order valence-corrected chi connectivity index (χ3v) is 5.58. The van der Waals surface area contributed by atoms with Gasteiger partial charge in [-0.2, -0.15) is 10.1 Å². The van der Waals surface area contributed by atoms with E-state index >= 15 is 0 Å². The number of hydrogen-bond acceptors (Lipinski definition) is 7. The fourth-order valence-corrected chi connectivity index (χ4v) is 3.91. The summed E-state index contributed by atoms with van der Waals surface area (Å²) in [6, 6.07) is 17.9. The smallest absolute Gasteiger partial charge is 0.341 e. The average Bonchev–Trinajstić information content (AvgIpc) is 3.30. The second kappa shape index (κ2) is 10.1. The first kappa shape index (κ1) is 24.1. The van der Waals surface area contributed by atoms with E-state index in [1.807, 2.05) is 66.3 Å². The summed E-state index contributed by atoms with van der Waals surface area (Å²) in [7, 11) is 1.88. The van der Waals surface area contributed by atoms with Crippen LogP contribution in [-0.4, -0.2) is 35.4 Å². The summed E-state index contributed by atoms with van der Waals surface area (Å²) in [6.07, 6.45) is 5.60. The van der Waals surface area contributed by atoms with Crippen molar-refractivity contribution in [2.45, 2.75) is 13.3 Å². The Morgan fingerprint density at radius 1 is 1.06 bits per heavy atom. The van der Waals surface area contributed by atoms with Crippen LogP contribution >= 0.6 is 0 Å². The van der Waals surface area contributed by atoms with Gasteiger partial charge in [0, 0.05) is 36.4 Å². The Kier molecular flexibility index (Phi) is 6.77. The number of nitrogen functional groups attached to an aromatic ring is 2. The molecule has 36 heavy (non-hydrogen) atoms. The van der Waals surface area contributed by atoms with Crippen LogP contribution in [0.4, 0.5) is 11.8 Å². The molecular weight excluding hydrogens is 458 g/mol. The summed E-state index contributed by atoms with van der Waals surface area (Å²) in [5.74, 6) is -1.32. The van der Waals surface area contributed by atoms with Crippen molar-refractivity contribution in [2.75, 3.05) is 11.5 Å². The summed E-state index contributed by atoms with van der Waals surface area (Å²) in [5, 5.41) is 14.4. The van der Waals surface area contributed by atoms with Crippen LogP contribution in [0.3, 0.4) is 0 Å². The summed E-state index contributed by atoms with van der Waals surface area (Å²) < 4.78 is 3.58. The van der Waals surface area contributed by atoms with Crippen LogP contribution in [0, 0.1) is 0 Å². The van der Waals surface area contributed by atoms with E-state index in [2.05, 4.69) is 28.1 Å². The fourth-order valence-electron chi connectivity index (χ4n) is 3.91. The van der Waals surface area contributed by atoms with E-state index in [1.165, 1.54) is 0 Å². The number of nitrogens with two attached hydrogens (primary N) is 2. The summed E-state index contributed by atoms with van der Waals surface area (Å²) >= 11 is 0. The number of carboxylic acid groups (broad SMARTS) is 1. The highest BCUT2D eigenvalue weighted by Crippen LogP contribution is 2.27. The van der Waals surface area contributed by atoms with Gasteiger partial charge in [-0.1, -0.05) is 43.3 Å². The van der Waals surface area contributed by atoms with Gasteiger partial charge in [0.15, 0.2) is 0 Å². The van der Waals surface area contributed by atoms with Crippen LogP contribution < -0.4 is 17.0 Å². The second-order valence-corrected chi connectivity index (χ2v) is 7.97. The molecule has 0 radical (unpaired) electrons. The van der Waals surface area contributed by atoms with Crippen LogP contribution in [0.25, 0.3) is 27.6 Å². The molecule has 3 heterocycles. The van der Waals surface area contributed by atoms with Gasteiger partial charge in [0.05, 0.1) is 11.6 Å². The molecule has 2 aromatic carbocycles. The van der Waals surface area contributed by atoms with E-state index in [-0.39, 0.29) is 22.9 Å². The number of anilines is 2. The summed E-state index contributed by atoms with van der Waals surface area (Å²) in [4.78, 5) is 30.7. The molecule has 0 aliphatic rings. The predicted octanol–water partition coefficient (Wildman–Crippen LogP) is 3.29. The van der Waals surface area contributed by atoms with Crippen molar-refractivity contribution in [2.24, 2.45) is 7.05 Å². The lowest BCUT2D eigenvalue weighted by atomic mass is 10.0. The van der Waals surface area contributed by atoms with Crippen molar-refractivity contribution in [3.8, 4) is 16.8 Å². The lowest BCUT2D eigenvalue weighted by Crippen LogP contribution is -2.22. The number of carboxylic acids is 1. The van der Waals surface area contributed by atoms with Gasteiger partial charge >= 0.3 is 5.97 Å². The van der Waals surface area contributed by atoms with Gasteiger partial charge in [-0.05, 0) is 35.6 Å². The van der Waals surface area contributed by atoms with Crippen LogP contribution in [0.2, 0.25) is 0 Å². The molecule has 182 valence electrons. The van der Waals surface area contributed by atoms with Gasteiger partial charge in [0.1, 0.15) is 11.4 Å². The zero-order chi connectivity index (χ0) is 25.8. The minimum Gasteiger partial charge on any atom is -0.477 e.